The minimum absolute atomic E-state index is 0.577. The molecular weight excluding hydrogens is 224 g/mol. The van der Waals surface area contributed by atoms with Crippen molar-refractivity contribution in [3.63, 3.8) is 0 Å². The molecule has 4 nitrogen and oxygen atoms in total. The van der Waals surface area contributed by atoms with Crippen LogP contribution in [0.3, 0.4) is 0 Å². The van der Waals surface area contributed by atoms with E-state index in [9.17, 15) is 0 Å². The van der Waals surface area contributed by atoms with Gasteiger partial charge in [-0.15, -0.1) is 0 Å². The maximum atomic E-state index is 5.58. The van der Waals surface area contributed by atoms with Crippen molar-refractivity contribution in [2.75, 3.05) is 26.2 Å². The van der Waals surface area contributed by atoms with Gasteiger partial charge >= 0.3 is 0 Å². The SMILES string of the molecule is NCc1ccc(CN2CCN(C3CC3)CC2)nc1. The molecule has 0 bridgehead atoms. The Kier molecular flexibility index (Phi) is 3.59. The third-order valence-corrected chi connectivity index (χ3v) is 3.98. The lowest BCUT2D eigenvalue weighted by atomic mass is 10.2. The topological polar surface area (TPSA) is 45.4 Å². The second-order valence-corrected chi connectivity index (χ2v) is 5.41. The third-order valence-electron chi connectivity index (χ3n) is 3.98. The van der Waals surface area contributed by atoms with Gasteiger partial charge in [-0.3, -0.25) is 14.8 Å². The van der Waals surface area contributed by atoms with Gasteiger partial charge < -0.3 is 5.73 Å². The summed E-state index contributed by atoms with van der Waals surface area (Å²) in [4.78, 5) is 9.62. The van der Waals surface area contributed by atoms with Gasteiger partial charge in [0, 0.05) is 51.5 Å². The molecule has 18 heavy (non-hydrogen) atoms. The Hall–Kier alpha value is -0.970. The zero-order valence-corrected chi connectivity index (χ0v) is 10.9. The Bertz CT molecular complexity index is 377. The summed E-state index contributed by atoms with van der Waals surface area (Å²) >= 11 is 0. The van der Waals surface area contributed by atoms with Crippen molar-refractivity contribution in [3.05, 3.63) is 29.6 Å². The smallest absolute Gasteiger partial charge is 0.0544 e. The van der Waals surface area contributed by atoms with Gasteiger partial charge in [-0.05, 0) is 24.5 Å². The zero-order valence-electron chi connectivity index (χ0n) is 10.9. The predicted molar refractivity (Wildman–Crippen MR) is 72.0 cm³/mol. The number of aromatic nitrogens is 1. The second kappa shape index (κ2) is 5.34. The fraction of sp³-hybridized carbons (Fsp3) is 0.643. The van der Waals surface area contributed by atoms with E-state index >= 15 is 0 Å². The molecule has 0 aromatic carbocycles. The average molecular weight is 246 g/mol. The number of piperazine rings is 1. The summed E-state index contributed by atoms with van der Waals surface area (Å²) < 4.78 is 0. The molecule has 0 amide bonds. The van der Waals surface area contributed by atoms with Gasteiger partial charge in [0.2, 0.25) is 0 Å². The van der Waals surface area contributed by atoms with E-state index < -0.39 is 0 Å². The lowest BCUT2D eigenvalue weighted by Crippen LogP contribution is -2.46. The predicted octanol–water partition coefficient (Wildman–Crippen LogP) is 0.820. The molecule has 1 aromatic heterocycles. The zero-order chi connectivity index (χ0) is 12.4. The molecule has 0 atom stereocenters. The van der Waals surface area contributed by atoms with Crippen molar-refractivity contribution >= 4 is 0 Å². The van der Waals surface area contributed by atoms with Crippen LogP contribution in [0.4, 0.5) is 0 Å². The first-order valence-electron chi connectivity index (χ1n) is 6.95. The summed E-state index contributed by atoms with van der Waals surface area (Å²) in [6.07, 6.45) is 4.74. The lowest BCUT2D eigenvalue weighted by Gasteiger charge is -2.34. The molecule has 0 spiro atoms. The molecule has 1 saturated carbocycles. The Morgan fingerprint density at radius 3 is 2.50 bits per heavy atom. The van der Waals surface area contributed by atoms with Gasteiger partial charge in [0.05, 0.1) is 5.69 Å². The van der Waals surface area contributed by atoms with Crippen molar-refractivity contribution in [2.45, 2.75) is 32.0 Å². The monoisotopic (exact) mass is 246 g/mol. The molecule has 1 aromatic rings. The third kappa shape index (κ3) is 2.88. The van der Waals surface area contributed by atoms with Gasteiger partial charge in [-0.2, -0.15) is 0 Å². The van der Waals surface area contributed by atoms with E-state index in [1.807, 2.05) is 6.20 Å². The molecular formula is C14H22N4. The number of hydrogen-bond acceptors (Lipinski definition) is 4. The normalized spacial score (nSPS) is 22.3. The molecule has 2 fully saturated rings. The Labute approximate surface area is 109 Å². The van der Waals surface area contributed by atoms with Crippen molar-refractivity contribution in [3.8, 4) is 0 Å². The standard InChI is InChI=1S/C14H22N4/c15-9-12-1-2-13(16-10-12)11-17-5-7-18(8-6-17)14-3-4-14/h1-2,10,14H,3-9,11,15H2. The molecule has 2 N–H and O–H groups in total. The van der Waals surface area contributed by atoms with Crippen LogP contribution in [-0.4, -0.2) is 47.0 Å². The quantitative estimate of drug-likeness (QED) is 0.854. The molecule has 2 aliphatic rings. The van der Waals surface area contributed by atoms with Crippen molar-refractivity contribution in [2.24, 2.45) is 5.73 Å². The van der Waals surface area contributed by atoms with Crippen LogP contribution in [0.2, 0.25) is 0 Å². The summed E-state index contributed by atoms with van der Waals surface area (Å²) in [5, 5.41) is 0. The maximum absolute atomic E-state index is 5.58. The van der Waals surface area contributed by atoms with Crippen LogP contribution in [0.1, 0.15) is 24.1 Å². The van der Waals surface area contributed by atoms with Crippen LogP contribution < -0.4 is 5.73 Å². The van der Waals surface area contributed by atoms with E-state index in [1.54, 1.807) is 0 Å². The fourth-order valence-corrected chi connectivity index (χ4v) is 2.62. The van der Waals surface area contributed by atoms with Crippen LogP contribution in [0.5, 0.6) is 0 Å². The highest BCUT2D eigenvalue weighted by atomic mass is 15.3. The minimum Gasteiger partial charge on any atom is -0.326 e. The number of nitrogens with two attached hydrogens (primary N) is 1. The van der Waals surface area contributed by atoms with E-state index in [1.165, 1.54) is 39.0 Å². The van der Waals surface area contributed by atoms with E-state index in [0.29, 0.717) is 6.54 Å². The highest BCUT2D eigenvalue weighted by molar-refractivity contribution is 5.13. The lowest BCUT2D eigenvalue weighted by molar-refractivity contribution is 0.120. The highest BCUT2D eigenvalue weighted by Crippen LogP contribution is 2.27. The van der Waals surface area contributed by atoms with Crippen molar-refractivity contribution < 1.29 is 0 Å². The maximum Gasteiger partial charge on any atom is 0.0544 e. The Morgan fingerprint density at radius 2 is 1.94 bits per heavy atom. The van der Waals surface area contributed by atoms with Crippen LogP contribution >= 0.6 is 0 Å². The second-order valence-electron chi connectivity index (χ2n) is 5.41. The molecule has 2 heterocycles. The van der Waals surface area contributed by atoms with E-state index in [2.05, 4.69) is 26.9 Å². The summed E-state index contributed by atoms with van der Waals surface area (Å²) in [6.45, 7) is 6.36. The fourth-order valence-electron chi connectivity index (χ4n) is 2.62. The minimum atomic E-state index is 0.577. The molecule has 1 saturated heterocycles. The Balaban J connectivity index is 1.50. The molecule has 1 aliphatic carbocycles. The summed E-state index contributed by atoms with van der Waals surface area (Å²) in [6, 6.07) is 5.10. The van der Waals surface area contributed by atoms with Crippen LogP contribution in [0.25, 0.3) is 0 Å². The van der Waals surface area contributed by atoms with Gasteiger partial charge in [-0.25, -0.2) is 0 Å². The number of rotatable bonds is 4. The van der Waals surface area contributed by atoms with Crippen LogP contribution in [0, 0.1) is 0 Å². The van der Waals surface area contributed by atoms with Crippen LogP contribution in [-0.2, 0) is 13.1 Å². The van der Waals surface area contributed by atoms with Gasteiger partial charge in [0.25, 0.3) is 0 Å². The van der Waals surface area contributed by atoms with Crippen LogP contribution in [0.15, 0.2) is 18.3 Å². The first-order valence-corrected chi connectivity index (χ1v) is 6.95. The summed E-state index contributed by atoms with van der Waals surface area (Å²) in [5.41, 5.74) is 7.85. The molecule has 0 radical (unpaired) electrons. The molecule has 0 unspecified atom stereocenters. The molecule has 1 aliphatic heterocycles. The molecule has 4 heteroatoms. The first-order chi connectivity index (χ1) is 8.85. The van der Waals surface area contributed by atoms with E-state index in [0.717, 1.165) is 23.8 Å². The average Bonchev–Trinajstić information content (AvgIpc) is 3.25. The number of nitrogens with zero attached hydrogens (tertiary/aromatic N) is 3. The summed E-state index contributed by atoms with van der Waals surface area (Å²) in [7, 11) is 0. The molecule has 3 rings (SSSR count). The largest absolute Gasteiger partial charge is 0.326 e. The van der Waals surface area contributed by atoms with Gasteiger partial charge in [0.15, 0.2) is 0 Å². The molecule has 98 valence electrons. The van der Waals surface area contributed by atoms with E-state index in [4.69, 9.17) is 5.73 Å². The number of hydrogen-bond donors (Lipinski definition) is 1. The van der Waals surface area contributed by atoms with Crippen molar-refractivity contribution in [1.82, 2.24) is 14.8 Å². The first kappa shape index (κ1) is 12.1. The van der Waals surface area contributed by atoms with Crippen molar-refractivity contribution in [1.29, 1.82) is 0 Å². The van der Waals surface area contributed by atoms with E-state index in [-0.39, 0.29) is 0 Å². The summed E-state index contributed by atoms with van der Waals surface area (Å²) in [5.74, 6) is 0. The van der Waals surface area contributed by atoms with Gasteiger partial charge in [-0.1, -0.05) is 6.07 Å². The van der Waals surface area contributed by atoms with Gasteiger partial charge in [0.1, 0.15) is 0 Å². The number of pyridine rings is 1. The Morgan fingerprint density at radius 1 is 1.17 bits per heavy atom. The highest BCUT2D eigenvalue weighted by Gasteiger charge is 2.31.